The second-order valence-corrected chi connectivity index (χ2v) is 1.60. The third kappa shape index (κ3) is 13.0. The van der Waals surface area contributed by atoms with Gasteiger partial charge in [-0.1, -0.05) is 0 Å². The number of hydrogen-bond acceptors (Lipinski definition) is 5. The van der Waals surface area contributed by atoms with Crippen LogP contribution in [0.25, 0.3) is 0 Å². The molecule has 0 unspecified atom stereocenters. The molecule has 0 spiro atoms. The normalized spacial score (nSPS) is 7.09. The van der Waals surface area contributed by atoms with Crippen LogP contribution in [-0.2, 0) is 4.79 Å². The van der Waals surface area contributed by atoms with Gasteiger partial charge in [0, 0.05) is 6.92 Å². The minimum atomic E-state index is -0.833. The predicted molar refractivity (Wildman–Crippen MR) is 33.7 cm³/mol. The molecule has 0 bridgehead atoms. The molecule has 1 rings (SSSR count). The largest absolute Gasteiger partial charge is 1.00 e. The Morgan fingerprint density at radius 1 is 1.73 bits per heavy atom. The van der Waals surface area contributed by atoms with Crippen molar-refractivity contribution >= 4 is 18.6 Å². The summed E-state index contributed by atoms with van der Waals surface area (Å²) in [5.74, 6) is -0.833. The molecule has 1 aromatic heterocycles. The van der Waals surface area contributed by atoms with Crippen molar-refractivity contribution in [2.24, 2.45) is 0 Å². The molecule has 11 heavy (non-hydrogen) atoms. The van der Waals surface area contributed by atoms with Gasteiger partial charge in [-0.05, 0) is 0 Å². The molecule has 0 saturated carbocycles. The Balaban J connectivity index is 0. The van der Waals surface area contributed by atoms with Crippen LogP contribution < -0.4 is 34.7 Å². The summed E-state index contributed by atoms with van der Waals surface area (Å²) in [5.41, 5.74) is 0. The van der Waals surface area contributed by atoms with E-state index in [9.17, 15) is 0 Å². The summed E-state index contributed by atoms with van der Waals surface area (Å²) in [7, 11) is 0. The van der Waals surface area contributed by atoms with Gasteiger partial charge in [-0.3, -0.25) is 15.1 Å². The molecule has 0 aliphatic carbocycles. The van der Waals surface area contributed by atoms with Crippen molar-refractivity contribution in [2.75, 3.05) is 0 Å². The van der Waals surface area contributed by atoms with Gasteiger partial charge in [0.05, 0.1) is 5.16 Å². The summed E-state index contributed by atoms with van der Waals surface area (Å²) < 4.78 is 0. The van der Waals surface area contributed by atoms with Crippen molar-refractivity contribution < 1.29 is 39.5 Å². The van der Waals surface area contributed by atoms with Crippen LogP contribution in [-0.4, -0.2) is 26.6 Å². The molecule has 8 heteroatoms. The van der Waals surface area contributed by atoms with E-state index >= 15 is 0 Å². The van der Waals surface area contributed by atoms with Crippen LogP contribution in [0.3, 0.4) is 0 Å². The summed E-state index contributed by atoms with van der Waals surface area (Å²) in [6.07, 6.45) is 0. The molecule has 1 aromatic rings. The number of carboxylic acids is 1. The van der Waals surface area contributed by atoms with Gasteiger partial charge in [-0.2, -0.15) is 5.21 Å². The van der Waals surface area contributed by atoms with E-state index in [0.717, 1.165) is 6.92 Å². The zero-order valence-corrected chi connectivity index (χ0v) is 8.99. The summed E-state index contributed by atoms with van der Waals surface area (Å²) in [4.78, 5) is 9.00. The fourth-order valence-corrected chi connectivity index (χ4v) is 0.220. The van der Waals surface area contributed by atoms with Crippen LogP contribution in [0.4, 0.5) is 0 Å². The predicted octanol–water partition coefficient (Wildman–Crippen LogP) is -3.79. The molecule has 1 heterocycles. The molecule has 0 aliphatic heterocycles. The van der Waals surface area contributed by atoms with E-state index < -0.39 is 5.97 Å². The number of aliphatic carboxylic acids is 1. The fraction of sp³-hybridized carbons (Fsp3) is 0.333. The van der Waals surface area contributed by atoms with Crippen LogP contribution in [0.5, 0.6) is 0 Å². The van der Waals surface area contributed by atoms with Crippen molar-refractivity contribution in [3.05, 3.63) is 0 Å². The van der Waals surface area contributed by atoms with Crippen molar-refractivity contribution in [2.45, 2.75) is 12.1 Å². The number of tetrazole rings is 1. The molecule has 0 amide bonds. The van der Waals surface area contributed by atoms with Crippen molar-refractivity contribution in [1.29, 1.82) is 0 Å². The van der Waals surface area contributed by atoms with Crippen molar-refractivity contribution in [3.63, 3.8) is 0 Å². The van der Waals surface area contributed by atoms with Gasteiger partial charge in [0.2, 0.25) is 0 Å². The third-order valence-electron chi connectivity index (χ3n) is 0.308. The maximum atomic E-state index is 9.00. The minimum Gasteiger partial charge on any atom is -0.481 e. The van der Waals surface area contributed by atoms with Gasteiger partial charge < -0.3 is 10.2 Å². The summed E-state index contributed by atoms with van der Waals surface area (Å²) in [6, 6.07) is 0. The molecule has 0 aromatic carbocycles. The van der Waals surface area contributed by atoms with Crippen molar-refractivity contribution in [1.82, 2.24) is 20.6 Å². The molecule has 0 atom stereocenters. The van der Waals surface area contributed by atoms with E-state index in [1.165, 1.54) is 0 Å². The number of thiol groups is 1. The number of aromatic nitrogens is 4. The molecular formula is C3H5N4NaO2S. The molecular weight excluding hydrogens is 179 g/mol. The SMILES string of the molecule is CC(=O)O.Sc1nnn[n-]1.[Na+]. The molecule has 6 nitrogen and oxygen atoms in total. The number of carboxylic acid groups (broad SMARTS) is 1. The molecule has 1 N–H and O–H groups in total. The molecule has 0 radical (unpaired) electrons. The molecule has 0 aliphatic rings. The maximum absolute atomic E-state index is 9.00. The number of nitrogens with zero attached hydrogens (tertiary/aromatic N) is 4. The van der Waals surface area contributed by atoms with Crippen LogP contribution in [0.1, 0.15) is 6.92 Å². The van der Waals surface area contributed by atoms with E-state index in [-0.39, 0.29) is 29.6 Å². The van der Waals surface area contributed by atoms with Gasteiger partial charge in [-0.15, -0.1) is 12.6 Å². The zero-order valence-electron chi connectivity index (χ0n) is 6.09. The standard InChI is InChI=1S/C2H4O2.CHN4S.Na/c1-2(3)4;6-1-2-4-5-3-1;/h1H3,(H,3,4);(H-,2,3,4,5,6);/q;-1;+1. The Bertz CT molecular complexity index is 187. The monoisotopic (exact) mass is 184 g/mol. The zero-order chi connectivity index (χ0) is 7.98. The maximum Gasteiger partial charge on any atom is 1.00 e. The number of hydrogen-bond donors (Lipinski definition) is 2. The van der Waals surface area contributed by atoms with Crippen LogP contribution in [0, 0.1) is 0 Å². The minimum absolute atomic E-state index is 0. The third-order valence-corrected chi connectivity index (χ3v) is 0.487. The quantitative estimate of drug-likeness (QED) is 0.317. The van der Waals surface area contributed by atoms with E-state index in [1.807, 2.05) is 0 Å². The van der Waals surface area contributed by atoms with Gasteiger partial charge in [-0.25, -0.2) is 0 Å². The summed E-state index contributed by atoms with van der Waals surface area (Å²) >= 11 is 3.69. The fourth-order valence-electron chi connectivity index (χ4n) is 0.140. The first-order chi connectivity index (χ1) is 4.63. The van der Waals surface area contributed by atoms with Gasteiger partial charge >= 0.3 is 29.6 Å². The van der Waals surface area contributed by atoms with E-state index in [1.54, 1.807) is 0 Å². The van der Waals surface area contributed by atoms with E-state index in [0.29, 0.717) is 5.16 Å². The first kappa shape index (κ1) is 13.5. The Labute approximate surface area is 90.5 Å². The van der Waals surface area contributed by atoms with Gasteiger partial charge in [0.25, 0.3) is 5.97 Å². The first-order valence-electron chi connectivity index (χ1n) is 2.20. The number of rotatable bonds is 0. The Kier molecular flexibility index (Phi) is 9.79. The summed E-state index contributed by atoms with van der Waals surface area (Å²) in [5, 5.41) is 20.6. The Hall–Kier alpha value is -0.110. The van der Waals surface area contributed by atoms with Crippen molar-refractivity contribution in [3.8, 4) is 0 Å². The Morgan fingerprint density at radius 3 is 2.27 bits per heavy atom. The molecule has 0 fully saturated rings. The number of carbonyl (C=O) groups is 1. The average molecular weight is 184 g/mol. The topological polar surface area (TPSA) is 90.1 Å². The molecule has 0 saturated heterocycles. The van der Waals surface area contributed by atoms with E-state index in [2.05, 4.69) is 33.3 Å². The average Bonchev–Trinajstić information content (AvgIpc) is 2.15. The molecule has 56 valence electrons. The smallest absolute Gasteiger partial charge is 0.481 e. The second kappa shape index (κ2) is 7.99. The van der Waals surface area contributed by atoms with Gasteiger partial charge in [0.1, 0.15) is 0 Å². The van der Waals surface area contributed by atoms with Crippen LogP contribution in [0.2, 0.25) is 0 Å². The first-order valence-corrected chi connectivity index (χ1v) is 2.65. The summed E-state index contributed by atoms with van der Waals surface area (Å²) in [6.45, 7) is 1.08. The van der Waals surface area contributed by atoms with Gasteiger partial charge in [0.15, 0.2) is 0 Å². The Morgan fingerprint density at radius 2 is 2.18 bits per heavy atom. The van der Waals surface area contributed by atoms with E-state index in [4.69, 9.17) is 9.90 Å². The van der Waals surface area contributed by atoms with Crippen LogP contribution >= 0.6 is 12.6 Å². The second-order valence-electron chi connectivity index (χ2n) is 1.20. The van der Waals surface area contributed by atoms with Crippen LogP contribution in [0.15, 0.2) is 5.16 Å².